The lowest BCUT2D eigenvalue weighted by Gasteiger charge is -2.32. The van der Waals surface area contributed by atoms with Crippen LogP contribution in [0.3, 0.4) is 0 Å². The maximum Gasteiger partial charge on any atom is 0.301 e. The first-order valence-electron chi connectivity index (χ1n) is 7.65. The Bertz CT molecular complexity index is 519. The molecule has 0 aliphatic carbocycles. The molecule has 1 fully saturated rings. The summed E-state index contributed by atoms with van der Waals surface area (Å²) in [6.45, 7) is 5.22. The van der Waals surface area contributed by atoms with Gasteiger partial charge in [-0.1, -0.05) is 25.1 Å². The van der Waals surface area contributed by atoms with Crippen LogP contribution >= 0.6 is 0 Å². The van der Waals surface area contributed by atoms with Gasteiger partial charge in [-0.05, 0) is 50.4 Å². The predicted molar refractivity (Wildman–Crippen MR) is 86.4 cm³/mol. The average Bonchev–Trinajstić information content (AvgIpc) is 2.48. The highest BCUT2D eigenvalue weighted by molar-refractivity contribution is 7.90. The van der Waals surface area contributed by atoms with Gasteiger partial charge in [0.25, 0.3) is 0 Å². The minimum atomic E-state index is -3.44. The van der Waals surface area contributed by atoms with Crippen LogP contribution in [0.4, 0.5) is 5.69 Å². The van der Waals surface area contributed by atoms with Crippen LogP contribution in [0.5, 0.6) is 0 Å². The molecule has 0 amide bonds. The second-order valence-corrected chi connectivity index (χ2v) is 7.21. The van der Waals surface area contributed by atoms with Crippen LogP contribution < -0.4 is 10.0 Å². The summed E-state index contributed by atoms with van der Waals surface area (Å²) >= 11 is 0. The molecule has 2 rings (SSSR count). The van der Waals surface area contributed by atoms with E-state index in [1.807, 2.05) is 18.2 Å². The molecular weight excluding hydrogens is 286 g/mol. The van der Waals surface area contributed by atoms with E-state index in [0.717, 1.165) is 32.4 Å². The van der Waals surface area contributed by atoms with Gasteiger partial charge in [0.1, 0.15) is 0 Å². The Kier molecular flexibility index (Phi) is 6.02. The summed E-state index contributed by atoms with van der Waals surface area (Å²) in [5, 5.41) is 3.38. The molecule has 0 bridgehead atoms. The minimum absolute atomic E-state index is 0.401. The maximum atomic E-state index is 12.4. The van der Waals surface area contributed by atoms with Crippen LogP contribution in [-0.4, -0.2) is 38.9 Å². The van der Waals surface area contributed by atoms with Gasteiger partial charge in [-0.2, -0.15) is 12.7 Å². The van der Waals surface area contributed by atoms with Gasteiger partial charge >= 0.3 is 10.2 Å². The van der Waals surface area contributed by atoms with Gasteiger partial charge in [-0.15, -0.1) is 0 Å². The van der Waals surface area contributed by atoms with Crippen molar-refractivity contribution in [2.45, 2.75) is 26.2 Å². The maximum absolute atomic E-state index is 12.4. The number of benzene rings is 1. The summed E-state index contributed by atoms with van der Waals surface area (Å²) in [6.07, 6.45) is 3.12. The number of nitrogens with one attached hydrogen (secondary N) is 2. The Morgan fingerprint density at radius 2 is 2.05 bits per heavy atom. The van der Waals surface area contributed by atoms with Crippen molar-refractivity contribution in [3.8, 4) is 0 Å². The third-order valence-electron chi connectivity index (χ3n) is 3.70. The topological polar surface area (TPSA) is 61.4 Å². The molecule has 2 N–H and O–H groups in total. The first kappa shape index (κ1) is 16.3. The number of piperidine rings is 1. The van der Waals surface area contributed by atoms with Crippen molar-refractivity contribution in [2.24, 2.45) is 5.92 Å². The second kappa shape index (κ2) is 7.77. The van der Waals surface area contributed by atoms with Gasteiger partial charge in [0, 0.05) is 18.8 Å². The third-order valence-corrected chi connectivity index (χ3v) is 5.21. The highest BCUT2D eigenvalue weighted by Crippen LogP contribution is 2.20. The van der Waals surface area contributed by atoms with Crippen LogP contribution in [0.2, 0.25) is 0 Å². The van der Waals surface area contributed by atoms with E-state index in [1.54, 1.807) is 16.4 Å². The molecule has 1 aromatic carbocycles. The highest BCUT2D eigenvalue weighted by Gasteiger charge is 2.28. The number of hydrogen-bond donors (Lipinski definition) is 2. The summed E-state index contributed by atoms with van der Waals surface area (Å²) in [6, 6.07) is 9.05. The number of para-hydroxylation sites is 1. The Balaban J connectivity index is 1.93. The van der Waals surface area contributed by atoms with Crippen LogP contribution in [0.15, 0.2) is 30.3 Å². The Morgan fingerprint density at radius 1 is 1.29 bits per heavy atom. The predicted octanol–water partition coefficient (Wildman–Crippen LogP) is 2.05. The molecule has 1 unspecified atom stereocenters. The van der Waals surface area contributed by atoms with Crippen LogP contribution in [-0.2, 0) is 10.2 Å². The van der Waals surface area contributed by atoms with Crippen LogP contribution in [0.1, 0.15) is 26.2 Å². The molecule has 0 radical (unpaired) electrons. The molecule has 1 aliphatic rings. The van der Waals surface area contributed by atoms with E-state index in [4.69, 9.17) is 0 Å². The van der Waals surface area contributed by atoms with Crippen molar-refractivity contribution in [3.63, 3.8) is 0 Å². The summed E-state index contributed by atoms with van der Waals surface area (Å²) in [5.74, 6) is 0.401. The molecule has 1 atom stereocenters. The van der Waals surface area contributed by atoms with Gasteiger partial charge in [-0.3, -0.25) is 4.72 Å². The van der Waals surface area contributed by atoms with Gasteiger partial charge in [0.15, 0.2) is 0 Å². The van der Waals surface area contributed by atoms with Crippen LogP contribution in [0.25, 0.3) is 0 Å². The second-order valence-electron chi connectivity index (χ2n) is 5.54. The fourth-order valence-electron chi connectivity index (χ4n) is 2.61. The Morgan fingerprint density at radius 3 is 2.76 bits per heavy atom. The van der Waals surface area contributed by atoms with Gasteiger partial charge < -0.3 is 5.32 Å². The monoisotopic (exact) mass is 311 g/mol. The van der Waals surface area contributed by atoms with E-state index in [0.29, 0.717) is 24.7 Å². The van der Waals surface area contributed by atoms with Gasteiger partial charge in [-0.25, -0.2) is 0 Å². The molecule has 21 heavy (non-hydrogen) atoms. The quantitative estimate of drug-likeness (QED) is 0.758. The first-order chi connectivity index (χ1) is 10.1. The molecule has 0 saturated carbocycles. The minimum Gasteiger partial charge on any atom is -0.316 e. The van der Waals surface area contributed by atoms with Crippen molar-refractivity contribution in [2.75, 3.05) is 30.9 Å². The number of anilines is 1. The van der Waals surface area contributed by atoms with Crippen LogP contribution in [0, 0.1) is 5.92 Å². The lowest BCUT2D eigenvalue weighted by molar-refractivity contribution is 0.261. The zero-order chi connectivity index (χ0) is 15.1. The molecule has 6 heteroatoms. The molecule has 1 heterocycles. The fourth-order valence-corrected chi connectivity index (χ4v) is 3.95. The van der Waals surface area contributed by atoms with E-state index in [1.165, 1.54) is 0 Å². The van der Waals surface area contributed by atoms with Gasteiger partial charge in [0.2, 0.25) is 0 Å². The molecule has 5 nitrogen and oxygen atoms in total. The molecule has 0 aromatic heterocycles. The summed E-state index contributed by atoms with van der Waals surface area (Å²) < 4.78 is 29.1. The zero-order valence-electron chi connectivity index (χ0n) is 12.6. The summed E-state index contributed by atoms with van der Waals surface area (Å²) in [4.78, 5) is 0. The molecule has 1 aliphatic heterocycles. The number of nitrogens with zero attached hydrogens (tertiary/aromatic N) is 1. The molecule has 118 valence electrons. The lowest BCUT2D eigenvalue weighted by atomic mass is 10.00. The smallest absolute Gasteiger partial charge is 0.301 e. The third kappa shape index (κ3) is 4.98. The normalized spacial score (nSPS) is 20.3. The molecule has 1 aromatic rings. The van der Waals surface area contributed by atoms with E-state index >= 15 is 0 Å². The Hall–Kier alpha value is -1.11. The number of rotatable bonds is 7. The Labute approximate surface area is 127 Å². The standard InChI is InChI=1S/C15H25N3O2S/c1-2-10-16-12-14-7-6-11-18(13-14)21(19,20)17-15-8-4-3-5-9-15/h3-5,8-9,14,16-17H,2,6-7,10-13H2,1H3. The van der Waals surface area contributed by atoms with Crippen molar-refractivity contribution in [1.29, 1.82) is 0 Å². The molecule has 1 saturated heterocycles. The van der Waals surface area contributed by atoms with E-state index < -0.39 is 10.2 Å². The van der Waals surface area contributed by atoms with E-state index in [2.05, 4.69) is 17.0 Å². The van der Waals surface area contributed by atoms with Crippen molar-refractivity contribution < 1.29 is 8.42 Å². The largest absolute Gasteiger partial charge is 0.316 e. The van der Waals surface area contributed by atoms with E-state index in [-0.39, 0.29) is 0 Å². The van der Waals surface area contributed by atoms with Crippen molar-refractivity contribution in [3.05, 3.63) is 30.3 Å². The SMILES string of the molecule is CCCNCC1CCCN(S(=O)(=O)Nc2ccccc2)C1. The summed E-state index contributed by atoms with van der Waals surface area (Å²) in [5.41, 5.74) is 0.615. The van der Waals surface area contributed by atoms with Gasteiger partial charge in [0.05, 0.1) is 0 Å². The number of hydrogen-bond acceptors (Lipinski definition) is 3. The molecule has 0 spiro atoms. The average molecular weight is 311 g/mol. The zero-order valence-corrected chi connectivity index (χ0v) is 13.4. The van der Waals surface area contributed by atoms with E-state index in [9.17, 15) is 8.42 Å². The highest BCUT2D eigenvalue weighted by atomic mass is 32.2. The first-order valence-corrected chi connectivity index (χ1v) is 9.09. The lowest BCUT2D eigenvalue weighted by Crippen LogP contribution is -2.45. The van der Waals surface area contributed by atoms with Crippen molar-refractivity contribution >= 4 is 15.9 Å². The fraction of sp³-hybridized carbons (Fsp3) is 0.600. The summed E-state index contributed by atoms with van der Waals surface area (Å²) in [7, 11) is -3.44. The molecular formula is C15H25N3O2S. The van der Waals surface area contributed by atoms with Crippen molar-refractivity contribution in [1.82, 2.24) is 9.62 Å².